The summed E-state index contributed by atoms with van der Waals surface area (Å²) in [6, 6.07) is 22.2. The molecule has 0 spiro atoms. The molecule has 5 aromatic rings. The number of methoxy groups -OCH3 is 1. The van der Waals surface area contributed by atoms with Crippen LogP contribution in [0.15, 0.2) is 72.9 Å². The number of nitrogens with one attached hydrogen (secondary N) is 2. The van der Waals surface area contributed by atoms with Gasteiger partial charge in [0, 0.05) is 33.7 Å². The molecule has 1 unspecified atom stereocenters. The molecule has 0 bridgehead atoms. The lowest BCUT2D eigenvalue weighted by atomic mass is 9.85. The van der Waals surface area contributed by atoms with Gasteiger partial charge in [0.05, 0.1) is 13.0 Å². The number of ether oxygens (including phenoxy) is 1. The zero-order valence-electron chi connectivity index (χ0n) is 17.4. The lowest BCUT2D eigenvalue weighted by Crippen LogP contribution is -2.10. The maximum Gasteiger partial charge on any atom is 0.160 e. The molecule has 156 valence electrons. The van der Waals surface area contributed by atoms with Crippen LogP contribution in [0.25, 0.3) is 21.8 Å². The van der Waals surface area contributed by atoms with E-state index in [-0.39, 0.29) is 11.7 Å². The van der Waals surface area contributed by atoms with Gasteiger partial charge in [0.15, 0.2) is 11.5 Å². The van der Waals surface area contributed by atoms with Gasteiger partial charge in [0.1, 0.15) is 0 Å². The van der Waals surface area contributed by atoms with E-state index < -0.39 is 0 Å². The molecule has 2 heterocycles. The predicted molar refractivity (Wildman–Crippen MR) is 125 cm³/mol. The van der Waals surface area contributed by atoms with E-state index in [1.807, 2.05) is 24.3 Å². The lowest BCUT2D eigenvalue weighted by Gasteiger charge is -2.20. The average Bonchev–Trinajstić information content (AvgIpc) is 3.38. The first kappa shape index (κ1) is 19.3. The first-order valence-corrected chi connectivity index (χ1v) is 10.4. The molecule has 0 fully saturated rings. The molecular formula is C26H25N3O2. The van der Waals surface area contributed by atoms with Crippen molar-refractivity contribution in [1.82, 2.24) is 9.97 Å². The molecule has 2 aromatic heterocycles. The number of para-hydroxylation sites is 2. The summed E-state index contributed by atoms with van der Waals surface area (Å²) < 4.78 is 5.43. The number of hydrogen-bond acceptors (Lipinski definition) is 3. The molecule has 0 saturated heterocycles. The van der Waals surface area contributed by atoms with Crippen LogP contribution >= 0.6 is 0 Å². The number of fused-ring (bicyclic) bond motifs is 2. The van der Waals surface area contributed by atoms with Gasteiger partial charge in [-0.15, -0.1) is 0 Å². The van der Waals surface area contributed by atoms with Crippen LogP contribution in [0.5, 0.6) is 11.5 Å². The van der Waals surface area contributed by atoms with Crippen LogP contribution in [0.2, 0.25) is 0 Å². The Labute approximate surface area is 180 Å². The molecular weight excluding hydrogens is 386 g/mol. The summed E-state index contributed by atoms with van der Waals surface area (Å²) in [4.78, 5) is 7.09. The summed E-state index contributed by atoms with van der Waals surface area (Å²) in [6.45, 7) is 0.564. The second-order valence-electron chi connectivity index (χ2n) is 7.76. The first-order chi connectivity index (χ1) is 15.2. The summed E-state index contributed by atoms with van der Waals surface area (Å²) in [5.41, 5.74) is 12.7. The van der Waals surface area contributed by atoms with Crippen LogP contribution in [0.3, 0.4) is 0 Å². The fourth-order valence-electron chi connectivity index (χ4n) is 4.59. The molecule has 0 aliphatic heterocycles. The minimum Gasteiger partial charge on any atom is -0.504 e. The first-order valence-electron chi connectivity index (χ1n) is 10.4. The number of H-pyrrole nitrogens is 2. The van der Waals surface area contributed by atoms with Crippen molar-refractivity contribution in [3.63, 3.8) is 0 Å². The number of aromatic nitrogens is 2. The number of phenolic OH excluding ortho intramolecular Hbond substituents is 1. The molecule has 0 radical (unpaired) electrons. The Kier molecular flexibility index (Phi) is 4.88. The van der Waals surface area contributed by atoms with Crippen LogP contribution in [-0.4, -0.2) is 28.7 Å². The van der Waals surface area contributed by atoms with Crippen molar-refractivity contribution < 1.29 is 9.84 Å². The highest BCUT2D eigenvalue weighted by Gasteiger charge is 2.26. The van der Waals surface area contributed by atoms with Gasteiger partial charge in [-0.05, 0) is 53.9 Å². The van der Waals surface area contributed by atoms with Gasteiger partial charge in [0.25, 0.3) is 0 Å². The third-order valence-electron chi connectivity index (χ3n) is 6.00. The largest absolute Gasteiger partial charge is 0.504 e. The van der Waals surface area contributed by atoms with E-state index in [1.165, 1.54) is 10.9 Å². The van der Waals surface area contributed by atoms with E-state index in [1.54, 1.807) is 13.2 Å². The molecule has 5 N–H and O–H groups in total. The monoisotopic (exact) mass is 411 g/mol. The Morgan fingerprint density at radius 3 is 2.48 bits per heavy atom. The summed E-state index contributed by atoms with van der Waals surface area (Å²) in [5, 5.41) is 12.5. The van der Waals surface area contributed by atoms with Crippen LogP contribution in [0, 0.1) is 0 Å². The van der Waals surface area contributed by atoms with Crippen molar-refractivity contribution >= 4 is 21.8 Å². The highest BCUT2D eigenvalue weighted by Crippen LogP contribution is 2.41. The molecule has 31 heavy (non-hydrogen) atoms. The molecule has 1 atom stereocenters. The average molecular weight is 412 g/mol. The summed E-state index contributed by atoms with van der Waals surface area (Å²) in [7, 11) is 1.57. The van der Waals surface area contributed by atoms with Crippen LogP contribution in [0.1, 0.15) is 28.3 Å². The topological polar surface area (TPSA) is 87.1 Å². The number of benzene rings is 3. The minimum atomic E-state index is -0.0837. The standard InChI is InChI=1S/C26H25N3O2/c1-31-24-14-16(10-11-23(24)30)25(20-15-28-21-8-4-2-7-18(20)21)26-19(12-13-27)17-6-3-5-9-22(17)29-26/h2-11,14-15,25,28-30H,12-13,27H2,1H3. The van der Waals surface area contributed by atoms with Crippen LogP contribution < -0.4 is 10.5 Å². The zero-order valence-corrected chi connectivity index (χ0v) is 17.4. The van der Waals surface area contributed by atoms with Gasteiger partial charge in [-0.1, -0.05) is 42.5 Å². The van der Waals surface area contributed by atoms with Gasteiger partial charge >= 0.3 is 0 Å². The van der Waals surface area contributed by atoms with Crippen molar-refractivity contribution in [3.05, 3.63) is 95.3 Å². The maximum absolute atomic E-state index is 10.2. The van der Waals surface area contributed by atoms with E-state index >= 15 is 0 Å². The maximum atomic E-state index is 10.2. The molecule has 0 aliphatic rings. The van der Waals surface area contributed by atoms with Gasteiger partial charge in [-0.25, -0.2) is 0 Å². The lowest BCUT2D eigenvalue weighted by molar-refractivity contribution is 0.373. The van der Waals surface area contributed by atoms with Crippen molar-refractivity contribution in [1.29, 1.82) is 0 Å². The minimum absolute atomic E-state index is 0.0837. The third kappa shape index (κ3) is 3.23. The van der Waals surface area contributed by atoms with E-state index in [4.69, 9.17) is 10.5 Å². The molecule has 5 rings (SSSR count). The Morgan fingerprint density at radius 1 is 0.968 bits per heavy atom. The highest BCUT2D eigenvalue weighted by molar-refractivity contribution is 5.88. The number of rotatable bonds is 6. The Hall–Kier alpha value is -3.70. The summed E-state index contributed by atoms with van der Waals surface area (Å²) >= 11 is 0. The smallest absolute Gasteiger partial charge is 0.160 e. The van der Waals surface area contributed by atoms with E-state index in [0.29, 0.717) is 12.3 Å². The van der Waals surface area contributed by atoms with Crippen LogP contribution in [0.4, 0.5) is 0 Å². The quantitative estimate of drug-likeness (QED) is 0.315. The van der Waals surface area contributed by atoms with E-state index in [0.717, 1.165) is 39.7 Å². The Balaban J connectivity index is 1.81. The second-order valence-corrected chi connectivity index (χ2v) is 7.76. The normalized spacial score (nSPS) is 12.5. The second kappa shape index (κ2) is 7.85. The fourth-order valence-corrected chi connectivity index (χ4v) is 4.59. The van der Waals surface area contributed by atoms with Crippen molar-refractivity contribution in [2.45, 2.75) is 12.3 Å². The van der Waals surface area contributed by atoms with E-state index in [2.05, 4.69) is 52.6 Å². The number of nitrogens with two attached hydrogens (primary N) is 1. The van der Waals surface area contributed by atoms with Gasteiger partial charge < -0.3 is 25.5 Å². The molecule has 3 aromatic carbocycles. The Morgan fingerprint density at radius 2 is 1.71 bits per heavy atom. The predicted octanol–water partition coefficient (Wildman–Crippen LogP) is 5.04. The molecule has 0 saturated carbocycles. The summed E-state index contributed by atoms with van der Waals surface area (Å²) in [5.74, 6) is 0.501. The molecule has 5 heteroatoms. The number of aromatic hydroxyl groups is 1. The molecule has 0 aliphatic carbocycles. The highest BCUT2D eigenvalue weighted by atomic mass is 16.5. The fraction of sp³-hybridized carbons (Fsp3) is 0.154. The van der Waals surface area contributed by atoms with Gasteiger partial charge in [0.2, 0.25) is 0 Å². The third-order valence-corrected chi connectivity index (χ3v) is 6.00. The number of hydrogen-bond donors (Lipinski definition) is 4. The van der Waals surface area contributed by atoms with Crippen LogP contribution in [-0.2, 0) is 6.42 Å². The van der Waals surface area contributed by atoms with Crippen molar-refractivity contribution in [2.75, 3.05) is 13.7 Å². The Bertz CT molecular complexity index is 1370. The molecule has 5 nitrogen and oxygen atoms in total. The van der Waals surface area contributed by atoms with Gasteiger partial charge in [-0.2, -0.15) is 0 Å². The zero-order chi connectivity index (χ0) is 21.4. The SMILES string of the molecule is COc1cc(C(c2[nH]c3ccccc3c2CCN)c2c[nH]c3ccccc23)ccc1O. The number of phenols is 1. The summed E-state index contributed by atoms with van der Waals surface area (Å²) in [6.07, 6.45) is 2.85. The van der Waals surface area contributed by atoms with Crippen molar-refractivity contribution in [3.8, 4) is 11.5 Å². The number of aromatic amines is 2. The van der Waals surface area contributed by atoms with Crippen molar-refractivity contribution in [2.24, 2.45) is 5.73 Å². The van der Waals surface area contributed by atoms with E-state index in [9.17, 15) is 5.11 Å². The molecule has 0 amide bonds. The van der Waals surface area contributed by atoms with Gasteiger partial charge in [-0.3, -0.25) is 0 Å².